The molecule has 1 fully saturated rings. The van der Waals surface area contributed by atoms with Crippen LogP contribution >= 0.6 is 0 Å². The van der Waals surface area contributed by atoms with Gasteiger partial charge in [-0.2, -0.15) is 0 Å². The molecule has 2 aromatic rings. The molecular weight excluding hydrogens is 404 g/mol. The number of hydrogen-bond acceptors (Lipinski definition) is 3. The third-order valence-corrected chi connectivity index (χ3v) is 6.63. The normalized spacial score (nSPS) is 18.0. The molecule has 1 heterocycles. The maximum Gasteiger partial charge on any atom is 0.494 e. The summed E-state index contributed by atoms with van der Waals surface area (Å²) in [5.74, 6) is -0.657. The van der Waals surface area contributed by atoms with Gasteiger partial charge in [-0.1, -0.05) is 45.0 Å². The maximum absolute atomic E-state index is 15.2. The van der Waals surface area contributed by atoms with Gasteiger partial charge >= 0.3 is 7.12 Å². The fraction of sp³-hybridized carbons (Fsp3) is 0.500. The van der Waals surface area contributed by atoms with Gasteiger partial charge in [-0.05, 0) is 76.2 Å². The van der Waals surface area contributed by atoms with Crippen molar-refractivity contribution in [3.63, 3.8) is 0 Å². The second-order valence-electron chi connectivity index (χ2n) is 11.2. The minimum absolute atomic E-state index is 0.0102. The van der Waals surface area contributed by atoms with Crippen LogP contribution in [-0.2, 0) is 20.3 Å². The van der Waals surface area contributed by atoms with Crippen LogP contribution in [0.25, 0.3) is 0 Å². The Kier molecular flexibility index (Phi) is 6.11. The summed E-state index contributed by atoms with van der Waals surface area (Å²) in [5, 5.41) is 2.96. The van der Waals surface area contributed by atoms with Crippen molar-refractivity contribution < 1.29 is 18.5 Å². The number of hydrogen-bond donors (Lipinski definition) is 1. The number of benzene rings is 2. The van der Waals surface area contributed by atoms with Gasteiger partial charge in [0.25, 0.3) is 5.91 Å². The SMILES string of the molecule is CC(C)(C)c1ccc(C(=O)NC(C)(C)c2ccc(B3OC(C)(C)C(C)(C)O3)cc2F)cc1. The standard InChI is InChI=1S/C26H35BFNO3/c1-23(2,3)18-12-10-17(11-13-18)22(30)29-24(4,5)20-15-14-19(16-21(20)28)27-31-25(6,7)26(8,9)32-27/h10-16H,1-9H3,(H,29,30). The molecule has 0 aromatic heterocycles. The Bertz CT molecular complexity index is 991. The number of amides is 1. The van der Waals surface area contributed by atoms with Crippen LogP contribution in [0.3, 0.4) is 0 Å². The average molecular weight is 439 g/mol. The summed E-state index contributed by atoms with van der Waals surface area (Å²) in [6, 6.07) is 12.5. The molecule has 172 valence electrons. The molecule has 0 radical (unpaired) electrons. The van der Waals surface area contributed by atoms with Crippen molar-refractivity contribution in [2.75, 3.05) is 0 Å². The average Bonchev–Trinajstić information content (AvgIpc) is 2.88. The third-order valence-electron chi connectivity index (χ3n) is 6.63. The number of carbonyl (C=O) groups excluding carboxylic acids is 1. The Morgan fingerprint density at radius 3 is 1.91 bits per heavy atom. The first-order valence-corrected chi connectivity index (χ1v) is 11.1. The second-order valence-corrected chi connectivity index (χ2v) is 11.2. The zero-order chi connectivity index (χ0) is 24.1. The minimum atomic E-state index is -0.904. The topological polar surface area (TPSA) is 47.6 Å². The van der Waals surface area contributed by atoms with Gasteiger partial charge in [-0.25, -0.2) is 4.39 Å². The molecule has 0 saturated carbocycles. The number of halogens is 1. The van der Waals surface area contributed by atoms with Crippen LogP contribution in [-0.4, -0.2) is 24.2 Å². The molecule has 0 aliphatic carbocycles. The minimum Gasteiger partial charge on any atom is -0.399 e. The van der Waals surface area contributed by atoms with Crippen molar-refractivity contribution in [3.05, 3.63) is 65.0 Å². The molecule has 0 atom stereocenters. The van der Waals surface area contributed by atoms with E-state index in [9.17, 15) is 4.79 Å². The van der Waals surface area contributed by atoms with Gasteiger partial charge in [0.1, 0.15) is 5.82 Å². The molecule has 1 aliphatic rings. The molecule has 1 N–H and O–H groups in total. The van der Waals surface area contributed by atoms with E-state index >= 15 is 4.39 Å². The smallest absolute Gasteiger partial charge is 0.399 e. The molecule has 1 aliphatic heterocycles. The highest BCUT2D eigenvalue weighted by Gasteiger charge is 2.51. The van der Waals surface area contributed by atoms with E-state index in [-0.39, 0.29) is 11.3 Å². The van der Waals surface area contributed by atoms with Crippen LogP contribution in [0.4, 0.5) is 4.39 Å². The number of carbonyl (C=O) groups is 1. The largest absolute Gasteiger partial charge is 0.494 e. The number of nitrogens with one attached hydrogen (secondary N) is 1. The Morgan fingerprint density at radius 2 is 1.44 bits per heavy atom. The lowest BCUT2D eigenvalue weighted by Crippen LogP contribution is -2.42. The van der Waals surface area contributed by atoms with Crippen molar-refractivity contribution in [1.29, 1.82) is 0 Å². The van der Waals surface area contributed by atoms with E-state index in [0.717, 1.165) is 5.56 Å². The van der Waals surface area contributed by atoms with Crippen LogP contribution in [0.15, 0.2) is 42.5 Å². The summed E-state index contributed by atoms with van der Waals surface area (Å²) < 4.78 is 27.2. The summed E-state index contributed by atoms with van der Waals surface area (Å²) in [6.07, 6.45) is 0. The molecule has 2 aromatic carbocycles. The van der Waals surface area contributed by atoms with Gasteiger partial charge < -0.3 is 14.6 Å². The molecule has 1 amide bonds. The first-order chi connectivity index (χ1) is 14.5. The van der Waals surface area contributed by atoms with Gasteiger partial charge in [0.15, 0.2) is 0 Å². The van der Waals surface area contributed by atoms with Gasteiger partial charge in [-0.15, -0.1) is 0 Å². The van der Waals surface area contributed by atoms with Crippen molar-refractivity contribution in [3.8, 4) is 0 Å². The molecule has 1 saturated heterocycles. The predicted molar refractivity (Wildman–Crippen MR) is 128 cm³/mol. The van der Waals surface area contributed by atoms with Crippen molar-refractivity contribution in [2.45, 2.75) is 84.5 Å². The van der Waals surface area contributed by atoms with Crippen LogP contribution in [0.5, 0.6) is 0 Å². The first-order valence-electron chi connectivity index (χ1n) is 11.1. The monoisotopic (exact) mass is 439 g/mol. The van der Waals surface area contributed by atoms with E-state index in [0.29, 0.717) is 16.6 Å². The van der Waals surface area contributed by atoms with Gasteiger partial charge in [0.2, 0.25) is 0 Å². The van der Waals surface area contributed by atoms with E-state index in [2.05, 4.69) is 26.1 Å². The molecule has 32 heavy (non-hydrogen) atoms. The lowest BCUT2D eigenvalue weighted by molar-refractivity contribution is 0.00578. The quantitative estimate of drug-likeness (QED) is 0.676. The lowest BCUT2D eigenvalue weighted by atomic mass is 9.77. The van der Waals surface area contributed by atoms with E-state index in [1.54, 1.807) is 26.0 Å². The highest BCUT2D eigenvalue weighted by molar-refractivity contribution is 6.62. The maximum atomic E-state index is 15.2. The zero-order valence-electron chi connectivity index (χ0n) is 20.7. The van der Waals surface area contributed by atoms with Gasteiger partial charge in [-0.3, -0.25) is 4.79 Å². The molecule has 0 bridgehead atoms. The Hall–Kier alpha value is -2.18. The Labute approximate surface area is 192 Å². The summed E-state index contributed by atoms with van der Waals surface area (Å²) >= 11 is 0. The van der Waals surface area contributed by atoms with E-state index < -0.39 is 29.7 Å². The highest BCUT2D eigenvalue weighted by Crippen LogP contribution is 2.36. The zero-order valence-corrected chi connectivity index (χ0v) is 20.7. The van der Waals surface area contributed by atoms with E-state index in [4.69, 9.17) is 9.31 Å². The Morgan fingerprint density at radius 1 is 0.906 bits per heavy atom. The third kappa shape index (κ3) is 4.76. The summed E-state index contributed by atoms with van der Waals surface area (Å²) in [4.78, 5) is 12.9. The molecular formula is C26H35BFNO3. The van der Waals surface area contributed by atoms with Crippen LogP contribution in [0.2, 0.25) is 0 Å². The van der Waals surface area contributed by atoms with Crippen molar-refractivity contribution in [2.24, 2.45) is 0 Å². The van der Waals surface area contributed by atoms with Crippen molar-refractivity contribution >= 4 is 18.5 Å². The van der Waals surface area contributed by atoms with Crippen LogP contribution in [0, 0.1) is 5.82 Å². The lowest BCUT2D eigenvalue weighted by Gasteiger charge is -2.32. The highest BCUT2D eigenvalue weighted by atomic mass is 19.1. The van der Waals surface area contributed by atoms with Crippen LogP contribution in [0.1, 0.15) is 83.8 Å². The summed E-state index contributed by atoms with van der Waals surface area (Å²) in [6.45, 7) is 17.8. The molecule has 6 heteroatoms. The van der Waals surface area contributed by atoms with Crippen molar-refractivity contribution in [1.82, 2.24) is 5.32 Å². The van der Waals surface area contributed by atoms with E-state index in [1.165, 1.54) is 6.07 Å². The fourth-order valence-corrected chi connectivity index (χ4v) is 3.71. The molecule has 4 nitrogen and oxygen atoms in total. The van der Waals surface area contributed by atoms with Crippen LogP contribution < -0.4 is 10.8 Å². The van der Waals surface area contributed by atoms with Gasteiger partial charge in [0.05, 0.1) is 16.7 Å². The Balaban J connectivity index is 1.78. The number of rotatable bonds is 4. The molecule has 0 unspecified atom stereocenters. The summed E-state index contributed by atoms with van der Waals surface area (Å²) in [5.41, 5.74) is 0.819. The second kappa shape index (κ2) is 8.00. The molecule has 0 spiro atoms. The first kappa shape index (κ1) is 24.5. The predicted octanol–water partition coefficient (Wildman–Crippen LogP) is 5.09. The molecule has 3 rings (SSSR count). The van der Waals surface area contributed by atoms with Gasteiger partial charge in [0, 0.05) is 11.1 Å². The fourth-order valence-electron chi connectivity index (χ4n) is 3.71. The summed E-state index contributed by atoms with van der Waals surface area (Å²) in [7, 11) is -0.636. The van der Waals surface area contributed by atoms with E-state index in [1.807, 2.05) is 52.0 Å².